The van der Waals surface area contributed by atoms with Gasteiger partial charge in [0, 0.05) is 20.2 Å². The average Bonchev–Trinajstić information content (AvgIpc) is 2.13. The molecule has 13 heavy (non-hydrogen) atoms. The maximum atomic E-state index is 11.3. The van der Waals surface area contributed by atoms with Crippen LogP contribution in [0.2, 0.25) is 0 Å². The minimum absolute atomic E-state index is 0.0159. The van der Waals surface area contributed by atoms with E-state index in [-0.39, 0.29) is 12.5 Å². The maximum absolute atomic E-state index is 11.3. The number of likely N-dealkylation sites (N-methyl/N-ethyl adjacent to an activating group) is 1. The summed E-state index contributed by atoms with van der Waals surface area (Å²) < 4.78 is 5.01. The molecule has 78 valence electrons. The minimum Gasteiger partial charge on any atom is -0.372 e. The summed E-state index contributed by atoms with van der Waals surface area (Å²) in [6, 6.07) is 0. The SMILES string of the molecule is CCOCC(=O)N(C)CC(C)CN. The van der Waals surface area contributed by atoms with Crippen LogP contribution in [-0.2, 0) is 9.53 Å². The number of amides is 1. The molecule has 0 aromatic rings. The summed E-state index contributed by atoms with van der Waals surface area (Å²) in [5.41, 5.74) is 5.45. The van der Waals surface area contributed by atoms with Gasteiger partial charge in [-0.1, -0.05) is 6.92 Å². The number of rotatable bonds is 6. The van der Waals surface area contributed by atoms with Gasteiger partial charge in [0.25, 0.3) is 0 Å². The highest BCUT2D eigenvalue weighted by molar-refractivity contribution is 5.77. The third-order valence-corrected chi connectivity index (χ3v) is 1.84. The van der Waals surface area contributed by atoms with E-state index in [1.165, 1.54) is 0 Å². The number of carbonyl (C=O) groups is 1. The third kappa shape index (κ3) is 5.60. The molecule has 2 N–H and O–H groups in total. The molecule has 0 heterocycles. The highest BCUT2D eigenvalue weighted by Gasteiger charge is 2.10. The van der Waals surface area contributed by atoms with E-state index in [4.69, 9.17) is 10.5 Å². The van der Waals surface area contributed by atoms with Gasteiger partial charge in [-0.15, -0.1) is 0 Å². The molecule has 0 rings (SSSR count). The van der Waals surface area contributed by atoms with E-state index < -0.39 is 0 Å². The van der Waals surface area contributed by atoms with E-state index in [0.717, 1.165) is 0 Å². The first kappa shape index (κ1) is 12.4. The molecule has 1 atom stereocenters. The Morgan fingerprint density at radius 3 is 2.69 bits per heavy atom. The average molecular weight is 188 g/mol. The zero-order valence-corrected chi connectivity index (χ0v) is 8.75. The van der Waals surface area contributed by atoms with Crippen molar-refractivity contribution in [3.8, 4) is 0 Å². The van der Waals surface area contributed by atoms with Crippen LogP contribution in [0.3, 0.4) is 0 Å². The predicted molar refractivity (Wildman–Crippen MR) is 52.3 cm³/mol. The molecular weight excluding hydrogens is 168 g/mol. The van der Waals surface area contributed by atoms with Crippen LogP contribution in [0.15, 0.2) is 0 Å². The molecule has 0 aliphatic rings. The third-order valence-electron chi connectivity index (χ3n) is 1.84. The quantitative estimate of drug-likeness (QED) is 0.642. The first-order chi connectivity index (χ1) is 6.11. The molecule has 0 fully saturated rings. The Kier molecular flexibility index (Phi) is 6.54. The van der Waals surface area contributed by atoms with Gasteiger partial charge >= 0.3 is 0 Å². The second-order valence-corrected chi connectivity index (χ2v) is 3.25. The summed E-state index contributed by atoms with van der Waals surface area (Å²) in [6.07, 6.45) is 0. The second-order valence-electron chi connectivity index (χ2n) is 3.25. The Morgan fingerprint density at radius 2 is 2.23 bits per heavy atom. The van der Waals surface area contributed by atoms with Crippen LogP contribution in [0.1, 0.15) is 13.8 Å². The van der Waals surface area contributed by atoms with Crippen molar-refractivity contribution >= 4 is 5.91 Å². The molecule has 4 heteroatoms. The summed E-state index contributed by atoms with van der Waals surface area (Å²) in [6.45, 7) is 5.94. The summed E-state index contributed by atoms with van der Waals surface area (Å²) >= 11 is 0. The van der Waals surface area contributed by atoms with E-state index in [1.807, 2.05) is 13.8 Å². The largest absolute Gasteiger partial charge is 0.372 e. The van der Waals surface area contributed by atoms with Crippen LogP contribution in [0.4, 0.5) is 0 Å². The van der Waals surface area contributed by atoms with Crippen LogP contribution in [0.5, 0.6) is 0 Å². The van der Waals surface area contributed by atoms with E-state index >= 15 is 0 Å². The number of hydrogen-bond donors (Lipinski definition) is 1. The van der Waals surface area contributed by atoms with Crippen molar-refractivity contribution in [3.05, 3.63) is 0 Å². The van der Waals surface area contributed by atoms with Gasteiger partial charge in [0.05, 0.1) is 0 Å². The zero-order valence-electron chi connectivity index (χ0n) is 8.75. The molecule has 0 aromatic heterocycles. The number of hydrogen-bond acceptors (Lipinski definition) is 3. The van der Waals surface area contributed by atoms with Crippen molar-refractivity contribution < 1.29 is 9.53 Å². The summed E-state index contributed by atoms with van der Waals surface area (Å²) in [4.78, 5) is 13.0. The minimum atomic E-state index is 0.0159. The molecule has 0 bridgehead atoms. The van der Waals surface area contributed by atoms with Gasteiger partial charge in [0.1, 0.15) is 6.61 Å². The second kappa shape index (κ2) is 6.86. The molecule has 1 amide bonds. The topological polar surface area (TPSA) is 55.6 Å². The van der Waals surface area contributed by atoms with Gasteiger partial charge in [-0.25, -0.2) is 0 Å². The zero-order chi connectivity index (χ0) is 10.3. The molecule has 1 unspecified atom stereocenters. The lowest BCUT2D eigenvalue weighted by molar-refractivity contribution is -0.135. The van der Waals surface area contributed by atoms with Gasteiger partial charge in [-0.3, -0.25) is 4.79 Å². The lowest BCUT2D eigenvalue weighted by atomic mass is 10.2. The Labute approximate surface area is 80.0 Å². The first-order valence-corrected chi connectivity index (χ1v) is 4.63. The van der Waals surface area contributed by atoms with Gasteiger partial charge in [-0.2, -0.15) is 0 Å². The molecular formula is C9H20N2O2. The van der Waals surface area contributed by atoms with Crippen molar-refractivity contribution in [3.63, 3.8) is 0 Å². The Balaban J connectivity index is 3.68. The Morgan fingerprint density at radius 1 is 1.62 bits per heavy atom. The van der Waals surface area contributed by atoms with Crippen molar-refractivity contribution in [1.82, 2.24) is 4.90 Å². The van der Waals surface area contributed by atoms with E-state index in [1.54, 1.807) is 11.9 Å². The standard InChI is InChI=1S/C9H20N2O2/c1-4-13-7-9(12)11(3)6-8(2)5-10/h8H,4-7,10H2,1-3H3. The van der Waals surface area contributed by atoms with E-state index in [2.05, 4.69) is 0 Å². The highest BCUT2D eigenvalue weighted by atomic mass is 16.5. The highest BCUT2D eigenvalue weighted by Crippen LogP contribution is 1.96. The van der Waals surface area contributed by atoms with Crippen molar-refractivity contribution in [2.24, 2.45) is 11.7 Å². The lowest BCUT2D eigenvalue weighted by Crippen LogP contribution is -2.35. The van der Waals surface area contributed by atoms with Crippen molar-refractivity contribution in [2.75, 3.05) is 33.4 Å². The van der Waals surface area contributed by atoms with Gasteiger partial charge < -0.3 is 15.4 Å². The van der Waals surface area contributed by atoms with Crippen LogP contribution in [-0.4, -0.2) is 44.2 Å². The molecule has 0 saturated carbocycles. The fourth-order valence-corrected chi connectivity index (χ4v) is 0.943. The maximum Gasteiger partial charge on any atom is 0.248 e. The molecule has 0 radical (unpaired) electrons. The van der Waals surface area contributed by atoms with Gasteiger partial charge in [-0.05, 0) is 19.4 Å². The molecule has 0 saturated heterocycles. The summed E-state index contributed by atoms with van der Waals surface area (Å²) in [7, 11) is 1.77. The van der Waals surface area contributed by atoms with Gasteiger partial charge in [0.15, 0.2) is 0 Å². The summed E-state index contributed by atoms with van der Waals surface area (Å²) in [5, 5.41) is 0. The van der Waals surface area contributed by atoms with Crippen LogP contribution >= 0.6 is 0 Å². The Hall–Kier alpha value is -0.610. The monoisotopic (exact) mass is 188 g/mol. The molecule has 0 spiro atoms. The fraction of sp³-hybridized carbons (Fsp3) is 0.889. The number of ether oxygens (including phenoxy) is 1. The molecule has 4 nitrogen and oxygen atoms in total. The molecule has 0 aliphatic carbocycles. The lowest BCUT2D eigenvalue weighted by Gasteiger charge is -2.20. The molecule has 0 aliphatic heterocycles. The van der Waals surface area contributed by atoms with Crippen molar-refractivity contribution in [2.45, 2.75) is 13.8 Å². The first-order valence-electron chi connectivity index (χ1n) is 4.63. The van der Waals surface area contributed by atoms with Gasteiger partial charge in [0.2, 0.25) is 5.91 Å². The van der Waals surface area contributed by atoms with Crippen molar-refractivity contribution in [1.29, 1.82) is 0 Å². The number of nitrogens with zero attached hydrogens (tertiary/aromatic N) is 1. The smallest absolute Gasteiger partial charge is 0.248 e. The molecule has 0 aromatic carbocycles. The Bertz CT molecular complexity index is 151. The van der Waals surface area contributed by atoms with Crippen LogP contribution < -0.4 is 5.73 Å². The number of nitrogens with two attached hydrogens (primary N) is 1. The summed E-state index contributed by atoms with van der Waals surface area (Å²) in [5.74, 6) is 0.359. The number of carbonyl (C=O) groups excluding carboxylic acids is 1. The normalized spacial score (nSPS) is 12.6. The van der Waals surface area contributed by atoms with E-state index in [9.17, 15) is 4.79 Å². The van der Waals surface area contributed by atoms with E-state index in [0.29, 0.717) is 25.6 Å². The van der Waals surface area contributed by atoms with Crippen LogP contribution in [0.25, 0.3) is 0 Å². The fourth-order valence-electron chi connectivity index (χ4n) is 0.943. The van der Waals surface area contributed by atoms with Crippen LogP contribution in [0, 0.1) is 5.92 Å². The predicted octanol–water partition coefficient (Wildman–Crippen LogP) is 0.0761.